The lowest BCUT2D eigenvalue weighted by molar-refractivity contribution is -0.137. The molecule has 1 saturated heterocycles. The Morgan fingerprint density at radius 1 is 1.17 bits per heavy atom. The number of halogens is 4. The van der Waals surface area contributed by atoms with Gasteiger partial charge in [0.2, 0.25) is 17.7 Å². The van der Waals surface area contributed by atoms with Crippen LogP contribution in [0.25, 0.3) is 0 Å². The maximum Gasteiger partial charge on any atom is 0.417 e. The number of rotatable bonds is 7. The zero-order valence-corrected chi connectivity index (χ0v) is 19.9. The Morgan fingerprint density at radius 3 is 2.51 bits per heavy atom. The highest BCUT2D eigenvalue weighted by atomic mass is 35.5. The first-order valence-electron chi connectivity index (χ1n) is 10.4. The lowest BCUT2D eigenvalue weighted by Gasteiger charge is -2.22. The molecule has 0 aromatic heterocycles. The van der Waals surface area contributed by atoms with Crippen LogP contribution in [-0.4, -0.2) is 57.0 Å². The third-order valence-electron chi connectivity index (χ3n) is 5.46. The van der Waals surface area contributed by atoms with Crippen LogP contribution in [0.2, 0.25) is 5.02 Å². The third-order valence-corrected chi connectivity index (χ3v) is 5.79. The summed E-state index contributed by atoms with van der Waals surface area (Å²) in [5, 5.41) is 1.84. The van der Waals surface area contributed by atoms with Crippen LogP contribution in [0.3, 0.4) is 0 Å². The highest BCUT2D eigenvalue weighted by Crippen LogP contribution is 2.37. The molecule has 35 heavy (non-hydrogen) atoms. The first kappa shape index (κ1) is 26.1. The summed E-state index contributed by atoms with van der Waals surface area (Å²) in [6, 6.07) is 7.92. The maximum atomic E-state index is 13.0. The predicted molar refractivity (Wildman–Crippen MR) is 123 cm³/mol. The summed E-state index contributed by atoms with van der Waals surface area (Å²) in [7, 11) is 4.33. The lowest BCUT2D eigenvalue weighted by atomic mass is 10.1. The van der Waals surface area contributed by atoms with E-state index >= 15 is 0 Å². The number of ether oxygens (including phenoxy) is 2. The summed E-state index contributed by atoms with van der Waals surface area (Å²) in [6.07, 6.45) is -4.75. The van der Waals surface area contributed by atoms with E-state index in [1.54, 1.807) is 18.2 Å². The van der Waals surface area contributed by atoms with Gasteiger partial charge in [0.15, 0.2) is 0 Å². The van der Waals surface area contributed by atoms with Crippen molar-refractivity contribution in [2.24, 2.45) is 5.92 Å². The second-order valence-electron chi connectivity index (χ2n) is 7.88. The molecule has 3 amide bonds. The van der Waals surface area contributed by atoms with E-state index in [4.69, 9.17) is 21.1 Å². The summed E-state index contributed by atoms with van der Waals surface area (Å²) in [5.74, 6) is -1.20. The number of carbonyl (C=O) groups excluding carboxylic acids is 3. The third kappa shape index (κ3) is 5.97. The molecule has 1 heterocycles. The summed E-state index contributed by atoms with van der Waals surface area (Å²) in [4.78, 5) is 40.4. The van der Waals surface area contributed by atoms with Crippen molar-refractivity contribution in [1.29, 1.82) is 0 Å². The molecule has 0 spiro atoms. The van der Waals surface area contributed by atoms with Crippen molar-refractivity contribution in [3.8, 4) is 11.5 Å². The fraction of sp³-hybridized carbons (Fsp3) is 0.348. The van der Waals surface area contributed by atoms with Crippen LogP contribution in [0.15, 0.2) is 36.4 Å². The molecule has 1 N–H and O–H groups in total. The molecule has 1 fully saturated rings. The van der Waals surface area contributed by atoms with E-state index in [2.05, 4.69) is 5.32 Å². The molecule has 1 aliphatic heterocycles. The Hall–Kier alpha value is -3.47. The minimum Gasteiger partial charge on any atom is -0.497 e. The second-order valence-corrected chi connectivity index (χ2v) is 8.29. The smallest absolute Gasteiger partial charge is 0.417 e. The van der Waals surface area contributed by atoms with Crippen LogP contribution in [0, 0.1) is 5.92 Å². The standard InChI is InChI=1S/C23H23ClF3N3O5/c1-29(12-20(31)28-14-4-6-17(24)16(9-14)23(25,26)27)22(33)13-8-21(32)30(11-13)18-7-5-15(34-2)10-19(18)35-3/h4-7,9-10,13H,8,11-12H2,1-3H3,(H,28,31)/t13-/m0/s1. The number of likely N-dealkylation sites (N-methyl/N-ethyl adjacent to an activating group) is 1. The van der Waals surface area contributed by atoms with Crippen molar-refractivity contribution >= 4 is 40.7 Å². The van der Waals surface area contributed by atoms with E-state index in [0.717, 1.165) is 17.0 Å². The van der Waals surface area contributed by atoms with E-state index in [1.807, 2.05) is 0 Å². The van der Waals surface area contributed by atoms with Crippen LogP contribution in [0.5, 0.6) is 11.5 Å². The zero-order valence-electron chi connectivity index (χ0n) is 19.1. The average Bonchev–Trinajstić information content (AvgIpc) is 3.19. The monoisotopic (exact) mass is 513 g/mol. The first-order valence-corrected chi connectivity index (χ1v) is 10.8. The van der Waals surface area contributed by atoms with Crippen LogP contribution in [0.4, 0.5) is 24.5 Å². The largest absolute Gasteiger partial charge is 0.497 e. The average molecular weight is 514 g/mol. The van der Waals surface area contributed by atoms with Gasteiger partial charge in [-0.25, -0.2) is 0 Å². The Balaban J connectivity index is 1.64. The molecule has 0 bridgehead atoms. The number of hydrogen-bond donors (Lipinski definition) is 1. The molecule has 12 heteroatoms. The topological polar surface area (TPSA) is 88.2 Å². The Bertz CT molecular complexity index is 1140. The van der Waals surface area contributed by atoms with Gasteiger partial charge in [-0.3, -0.25) is 14.4 Å². The highest BCUT2D eigenvalue weighted by molar-refractivity contribution is 6.31. The van der Waals surface area contributed by atoms with Gasteiger partial charge in [0.1, 0.15) is 11.5 Å². The summed E-state index contributed by atoms with van der Waals surface area (Å²) >= 11 is 5.59. The number of methoxy groups -OCH3 is 2. The maximum absolute atomic E-state index is 13.0. The van der Waals surface area contributed by atoms with Crippen LogP contribution >= 0.6 is 11.6 Å². The normalized spacial score (nSPS) is 15.7. The fourth-order valence-corrected chi connectivity index (χ4v) is 3.96. The number of amides is 3. The van der Waals surface area contributed by atoms with Crippen molar-refractivity contribution in [3.05, 3.63) is 47.0 Å². The van der Waals surface area contributed by atoms with E-state index in [9.17, 15) is 27.6 Å². The molecular formula is C23H23ClF3N3O5. The van der Waals surface area contributed by atoms with Crippen LogP contribution < -0.4 is 19.7 Å². The number of carbonyl (C=O) groups is 3. The van der Waals surface area contributed by atoms with Gasteiger partial charge < -0.3 is 24.6 Å². The lowest BCUT2D eigenvalue weighted by Crippen LogP contribution is -2.39. The molecule has 2 aromatic carbocycles. The van der Waals surface area contributed by atoms with Crippen molar-refractivity contribution in [1.82, 2.24) is 4.90 Å². The molecule has 0 aliphatic carbocycles. The number of hydrogen-bond acceptors (Lipinski definition) is 5. The number of nitrogens with one attached hydrogen (secondary N) is 1. The van der Waals surface area contributed by atoms with E-state index in [0.29, 0.717) is 17.2 Å². The quantitative estimate of drug-likeness (QED) is 0.608. The number of nitrogens with zero attached hydrogens (tertiary/aromatic N) is 2. The minimum atomic E-state index is -4.68. The molecule has 2 aromatic rings. The molecule has 1 atom stereocenters. The van der Waals surface area contributed by atoms with E-state index in [1.165, 1.54) is 32.2 Å². The summed E-state index contributed by atoms with van der Waals surface area (Å²) in [6.45, 7) is -0.336. The van der Waals surface area contributed by atoms with Gasteiger partial charge in [-0.05, 0) is 30.3 Å². The number of anilines is 2. The minimum absolute atomic E-state index is 0.0634. The number of benzene rings is 2. The molecule has 8 nitrogen and oxygen atoms in total. The van der Waals surface area contributed by atoms with Gasteiger partial charge in [-0.1, -0.05) is 11.6 Å². The van der Waals surface area contributed by atoms with Gasteiger partial charge >= 0.3 is 6.18 Å². The molecular weight excluding hydrogens is 491 g/mol. The molecule has 188 valence electrons. The van der Waals surface area contributed by atoms with Crippen LogP contribution in [-0.2, 0) is 20.6 Å². The van der Waals surface area contributed by atoms with Crippen molar-refractivity contribution < 1.29 is 37.0 Å². The summed E-state index contributed by atoms with van der Waals surface area (Å²) < 4.78 is 49.6. The fourth-order valence-electron chi connectivity index (χ4n) is 3.74. The highest BCUT2D eigenvalue weighted by Gasteiger charge is 2.38. The Kier molecular flexibility index (Phi) is 7.79. The molecule has 0 unspecified atom stereocenters. The van der Waals surface area contributed by atoms with Gasteiger partial charge in [-0.15, -0.1) is 0 Å². The van der Waals surface area contributed by atoms with Crippen molar-refractivity contribution in [3.63, 3.8) is 0 Å². The molecule has 0 radical (unpaired) electrons. The SMILES string of the molecule is COc1ccc(N2C[C@@H](C(=O)N(C)CC(=O)Nc3ccc(Cl)c(C(F)(F)F)c3)CC2=O)c(OC)c1. The Morgan fingerprint density at radius 2 is 1.89 bits per heavy atom. The predicted octanol–water partition coefficient (Wildman–Crippen LogP) is 3.83. The Labute approximate surface area is 204 Å². The molecule has 3 rings (SSSR count). The van der Waals surface area contributed by atoms with Gasteiger partial charge in [0.05, 0.1) is 43.0 Å². The van der Waals surface area contributed by atoms with Gasteiger partial charge in [0.25, 0.3) is 0 Å². The van der Waals surface area contributed by atoms with Crippen molar-refractivity contribution in [2.75, 3.05) is 44.6 Å². The molecule has 1 aliphatic rings. The van der Waals surface area contributed by atoms with Gasteiger partial charge in [0, 0.05) is 31.8 Å². The zero-order chi connectivity index (χ0) is 25.9. The van der Waals surface area contributed by atoms with Gasteiger partial charge in [-0.2, -0.15) is 13.2 Å². The molecule has 0 saturated carbocycles. The van der Waals surface area contributed by atoms with E-state index in [-0.39, 0.29) is 24.6 Å². The number of alkyl halides is 3. The van der Waals surface area contributed by atoms with Crippen LogP contribution in [0.1, 0.15) is 12.0 Å². The van der Waals surface area contributed by atoms with E-state index < -0.39 is 41.0 Å². The second kappa shape index (κ2) is 10.4. The van der Waals surface area contributed by atoms with Crippen molar-refractivity contribution in [2.45, 2.75) is 12.6 Å². The summed E-state index contributed by atoms with van der Waals surface area (Å²) in [5.41, 5.74) is -0.710. The first-order chi connectivity index (χ1) is 16.4.